The fraction of sp³-hybridized carbons (Fsp3) is 0.538. The number of piperidine rings is 1. The number of hydrogen-bond acceptors (Lipinski definition) is 3. The minimum atomic E-state index is 0. The molecule has 1 aliphatic heterocycles. The molecule has 0 aromatic carbocycles. The molecular weight excluding hydrogens is 285 g/mol. The SMILES string of the molecule is CNC1CCN(C(=O)c2cccnc2C)CC1.Cl.Cl. The summed E-state index contributed by atoms with van der Waals surface area (Å²) < 4.78 is 0. The van der Waals surface area contributed by atoms with E-state index < -0.39 is 0 Å². The van der Waals surface area contributed by atoms with Gasteiger partial charge in [0.05, 0.1) is 5.56 Å². The first kappa shape index (κ1) is 18.2. The van der Waals surface area contributed by atoms with E-state index in [1.165, 1.54) is 0 Å². The Morgan fingerprint density at radius 1 is 1.37 bits per heavy atom. The van der Waals surface area contributed by atoms with Crippen LogP contribution in [0.4, 0.5) is 0 Å². The topological polar surface area (TPSA) is 45.2 Å². The molecule has 0 unspecified atom stereocenters. The molecule has 0 atom stereocenters. The van der Waals surface area contributed by atoms with Crippen LogP contribution >= 0.6 is 24.8 Å². The van der Waals surface area contributed by atoms with E-state index in [1.54, 1.807) is 6.20 Å². The maximum Gasteiger partial charge on any atom is 0.255 e. The third-order valence-electron chi connectivity index (χ3n) is 3.43. The van der Waals surface area contributed by atoms with Gasteiger partial charge in [-0.25, -0.2) is 0 Å². The normalized spacial score (nSPS) is 15.4. The van der Waals surface area contributed by atoms with Crippen LogP contribution in [-0.2, 0) is 0 Å². The molecular formula is C13H21Cl2N3O. The Bertz CT molecular complexity index is 407. The van der Waals surface area contributed by atoms with Crippen LogP contribution < -0.4 is 5.32 Å². The summed E-state index contributed by atoms with van der Waals surface area (Å²) in [7, 11) is 1.98. The van der Waals surface area contributed by atoms with Crippen molar-refractivity contribution in [1.82, 2.24) is 15.2 Å². The minimum absolute atomic E-state index is 0. The van der Waals surface area contributed by atoms with Gasteiger partial charge in [0.15, 0.2) is 0 Å². The van der Waals surface area contributed by atoms with Gasteiger partial charge in [-0.3, -0.25) is 9.78 Å². The fourth-order valence-electron chi connectivity index (χ4n) is 2.25. The van der Waals surface area contributed by atoms with Crippen LogP contribution in [0.15, 0.2) is 18.3 Å². The van der Waals surface area contributed by atoms with Gasteiger partial charge in [0.25, 0.3) is 5.91 Å². The Morgan fingerprint density at radius 3 is 2.53 bits per heavy atom. The van der Waals surface area contributed by atoms with Crippen molar-refractivity contribution in [3.05, 3.63) is 29.6 Å². The zero-order valence-corrected chi connectivity index (χ0v) is 12.9. The monoisotopic (exact) mass is 305 g/mol. The number of halogens is 2. The number of likely N-dealkylation sites (tertiary alicyclic amines) is 1. The fourth-order valence-corrected chi connectivity index (χ4v) is 2.25. The quantitative estimate of drug-likeness (QED) is 0.909. The van der Waals surface area contributed by atoms with Gasteiger partial charge >= 0.3 is 0 Å². The van der Waals surface area contributed by atoms with E-state index in [2.05, 4.69) is 10.3 Å². The number of pyridine rings is 1. The first-order chi connectivity index (χ1) is 8.22. The lowest BCUT2D eigenvalue weighted by molar-refractivity contribution is 0.0706. The number of nitrogens with one attached hydrogen (secondary N) is 1. The highest BCUT2D eigenvalue weighted by atomic mass is 35.5. The lowest BCUT2D eigenvalue weighted by Gasteiger charge is -2.32. The lowest BCUT2D eigenvalue weighted by Crippen LogP contribution is -2.44. The highest BCUT2D eigenvalue weighted by Gasteiger charge is 2.23. The molecule has 4 nitrogen and oxygen atoms in total. The lowest BCUT2D eigenvalue weighted by atomic mass is 10.0. The smallest absolute Gasteiger partial charge is 0.255 e. The number of carbonyl (C=O) groups is 1. The van der Waals surface area contributed by atoms with Crippen LogP contribution in [0.25, 0.3) is 0 Å². The molecule has 1 saturated heterocycles. The highest BCUT2D eigenvalue weighted by Crippen LogP contribution is 2.14. The molecule has 1 aromatic rings. The van der Waals surface area contributed by atoms with Gasteiger partial charge in [-0.05, 0) is 38.9 Å². The van der Waals surface area contributed by atoms with Crippen molar-refractivity contribution in [3.8, 4) is 0 Å². The average molecular weight is 306 g/mol. The van der Waals surface area contributed by atoms with E-state index in [0.29, 0.717) is 6.04 Å². The van der Waals surface area contributed by atoms with Gasteiger partial charge in [0.2, 0.25) is 0 Å². The summed E-state index contributed by atoms with van der Waals surface area (Å²) in [5.41, 5.74) is 1.55. The van der Waals surface area contributed by atoms with Gasteiger partial charge in [0.1, 0.15) is 0 Å². The number of aromatic nitrogens is 1. The van der Waals surface area contributed by atoms with E-state index in [9.17, 15) is 4.79 Å². The predicted molar refractivity (Wildman–Crippen MR) is 81.5 cm³/mol. The molecule has 2 rings (SSSR count). The third-order valence-corrected chi connectivity index (χ3v) is 3.43. The van der Waals surface area contributed by atoms with Crippen LogP contribution in [0.5, 0.6) is 0 Å². The predicted octanol–water partition coefficient (Wildman–Crippen LogP) is 2.06. The van der Waals surface area contributed by atoms with Crippen LogP contribution in [0, 0.1) is 6.92 Å². The van der Waals surface area contributed by atoms with Crippen molar-refractivity contribution in [2.24, 2.45) is 0 Å². The van der Waals surface area contributed by atoms with Crippen LogP contribution in [0.3, 0.4) is 0 Å². The van der Waals surface area contributed by atoms with Gasteiger partial charge < -0.3 is 10.2 Å². The highest BCUT2D eigenvalue weighted by molar-refractivity contribution is 5.95. The van der Waals surface area contributed by atoms with Gasteiger partial charge in [-0.15, -0.1) is 24.8 Å². The molecule has 1 N–H and O–H groups in total. The summed E-state index contributed by atoms with van der Waals surface area (Å²) in [5, 5.41) is 3.26. The Hall–Kier alpha value is -0.840. The molecule has 0 radical (unpaired) electrons. The van der Waals surface area contributed by atoms with Crippen molar-refractivity contribution in [2.75, 3.05) is 20.1 Å². The average Bonchev–Trinajstić information content (AvgIpc) is 2.39. The molecule has 1 amide bonds. The van der Waals surface area contributed by atoms with Crippen molar-refractivity contribution in [3.63, 3.8) is 0 Å². The zero-order chi connectivity index (χ0) is 12.3. The zero-order valence-electron chi connectivity index (χ0n) is 11.3. The molecule has 6 heteroatoms. The van der Waals surface area contributed by atoms with Crippen LogP contribution in [-0.4, -0.2) is 42.0 Å². The third kappa shape index (κ3) is 4.34. The summed E-state index contributed by atoms with van der Waals surface area (Å²) in [6.07, 6.45) is 3.78. The van der Waals surface area contributed by atoms with E-state index in [1.807, 2.05) is 31.0 Å². The summed E-state index contributed by atoms with van der Waals surface area (Å²) in [5.74, 6) is 0.116. The van der Waals surface area contributed by atoms with E-state index in [0.717, 1.165) is 37.2 Å². The molecule has 0 saturated carbocycles. The number of aryl methyl sites for hydroxylation is 1. The number of carbonyl (C=O) groups excluding carboxylic acids is 1. The first-order valence-corrected chi connectivity index (χ1v) is 6.10. The summed E-state index contributed by atoms with van der Waals surface area (Å²) in [4.78, 5) is 18.4. The van der Waals surface area contributed by atoms with Crippen LogP contribution in [0.2, 0.25) is 0 Å². The molecule has 2 heterocycles. The van der Waals surface area contributed by atoms with E-state index >= 15 is 0 Å². The number of hydrogen-bond donors (Lipinski definition) is 1. The number of amides is 1. The Labute approximate surface area is 126 Å². The van der Waals surface area contributed by atoms with Crippen molar-refractivity contribution >= 4 is 30.7 Å². The van der Waals surface area contributed by atoms with Crippen molar-refractivity contribution in [1.29, 1.82) is 0 Å². The standard InChI is InChI=1S/C13H19N3O.2ClH/c1-10-12(4-3-7-15-10)13(17)16-8-5-11(14-2)6-9-16;;/h3-4,7,11,14H,5-6,8-9H2,1-2H3;2*1H. The molecule has 1 aliphatic rings. The Balaban J connectivity index is 0.00000162. The van der Waals surface area contributed by atoms with E-state index in [-0.39, 0.29) is 30.7 Å². The summed E-state index contributed by atoms with van der Waals surface area (Å²) in [6.45, 7) is 3.55. The maximum absolute atomic E-state index is 12.3. The molecule has 0 aliphatic carbocycles. The first-order valence-electron chi connectivity index (χ1n) is 6.10. The van der Waals surface area contributed by atoms with Crippen LogP contribution in [0.1, 0.15) is 28.9 Å². The van der Waals surface area contributed by atoms with E-state index in [4.69, 9.17) is 0 Å². The second kappa shape index (κ2) is 8.35. The van der Waals surface area contributed by atoms with Gasteiger partial charge in [-0.2, -0.15) is 0 Å². The van der Waals surface area contributed by atoms with Crippen molar-refractivity contribution in [2.45, 2.75) is 25.8 Å². The Morgan fingerprint density at radius 2 is 2.00 bits per heavy atom. The summed E-state index contributed by atoms with van der Waals surface area (Å²) in [6, 6.07) is 4.23. The molecule has 1 fully saturated rings. The van der Waals surface area contributed by atoms with Gasteiger partial charge in [0, 0.05) is 31.0 Å². The molecule has 0 spiro atoms. The number of nitrogens with zero attached hydrogens (tertiary/aromatic N) is 2. The molecule has 0 bridgehead atoms. The number of rotatable bonds is 2. The van der Waals surface area contributed by atoms with Gasteiger partial charge in [-0.1, -0.05) is 0 Å². The largest absolute Gasteiger partial charge is 0.338 e. The second-order valence-electron chi connectivity index (χ2n) is 4.49. The second-order valence-corrected chi connectivity index (χ2v) is 4.49. The van der Waals surface area contributed by atoms with Crippen molar-refractivity contribution < 1.29 is 4.79 Å². The maximum atomic E-state index is 12.3. The Kier molecular flexibility index (Phi) is 7.99. The molecule has 1 aromatic heterocycles. The molecule has 19 heavy (non-hydrogen) atoms. The summed E-state index contributed by atoms with van der Waals surface area (Å²) >= 11 is 0. The molecule has 108 valence electrons. The minimum Gasteiger partial charge on any atom is -0.338 e.